The summed E-state index contributed by atoms with van der Waals surface area (Å²) in [7, 11) is 0. The first-order valence-electron chi connectivity index (χ1n) is 9.46. The van der Waals surface area contributed by atoms with Crippen LogP contribution >= 0.6 is 24.0 Å². The van der Waals surface area contributed by atoms with Gasteiger partial charge in [0.15, 0.2) is 11.6 Å². The molecule has 1 amide bonds. The number of nitrogens with zero attached hydrogens (tertiary/aromatic N) is 2. The van der Waals surface area contributed by atoms with Crippen LogP contribution in [-0.4, -0.2) is 36.3 Å². The molecular weight excluding hydrogens is 470 g/mol. The lowest BCUT2D eigenvalue weighted by Gasteiger charge is -2.15. The van der Waals surface area contributed by atoms with Crippen LogP contribution in [0, 0.1) is 11.6 Å². The molecule has 0 atom stereocenters. The summed E-state index contributed by atoms with van der Waals surface area (Å²) in [5.74, 6) is -3.97. The lowest BCUT2D eigenvalue weighted by molar-refractivity contribution is -0.122. The SMILES string of the molecule is O=C(O)c1ccc(CN2C(=O)C(=Cc3cccc(-c4ccc(F)c(F)c4)n3)SC2=S)cc1O. The number of amides is 1. The highest BCUT2D eigenvalue weighted by molar-refractivity contribution is 8.26. The maximum atomic E-state index is 13.6. The van der Waals surface area contributed by atoms with Crippen molar-refractivity contribution in [1.29, 1.82) is 0 Å². The average molecular weight is 485 g/mol. The van der Waals surface area contributed by atoms with Crippen LogP contribution in [0.3, 0.4) is 0 Å². The molecule has 1 aliphatic heterocycles. The van der Waals surface area contributed by atoms with Crippen molar-refractivity contribution in [2.24, 2.45) is 0 Å². The molecule has 0 radical (unpaired) electrons. The Kier molecular flexibility index (Phi) is 6.21. The van der Waals surface area contributed by atoms with Gasteiger partial charge in [0.2, 0.25) is 0 Å². The lowest BCUT2D eigenvalue weighted by Crippen LogP contribution is -2.27. The second kappa shape index (κ2) is 9.08. The number of carbonyl (C=O) groups excluding carboxylic acids is 1. The number of carbonyl (C=O) groups is 2. The molecule has 1 saturated heterocycles. The number of benzene rings is 2. The molecule has 0 spiro atoms. The van der Waals surface area contributed by atoms with Crippen molar-refractivity contribution in [3.8, 4) is 17.0 Å². The number of rotatable bonds is 5. The van der Waals surface area contributed by atoms with E-state index in [0.29, 0.717) is 31.7 Å². The summed E-state index contributed by atoms with van der Waals surface area (Å²) >= 11 is 6.39. The number of hydrogen-bond acceptors (Lipinski definition) is 6. The largest absolute Gasteiger partial charge is 0.507 e. The number of aromatic hydroxyl groups is 1. The summed E-state index contributed by atoms with van der Waals surface area (Å²) in [6.07, 6.45) is 1.55. The van der Waals surface area contributed by atoms with E-state index >= 15 is 0 Å². The molecule has 33 heavy (non-hydrogen) atoms. The maximum absolute atomic E-state index is 13.6. The summed E-state index contributed by atoms with van der Waals surface area (Å²) in [6, 6.07) is 12.5. The van der Waals surface area contributed by atoms with Crippen LogP contribution < -0.4 is 0 Å². The number of hydrogen-bond donors (Lipinski definition) is 2. The third kappa shape index (κ3) is 4.76. The number of carboxylic acids is 1. The highest BCUT2D eigenvalue weighted by Crippen LogP contribution is 2.34. The molecule has 1 fully saturated rings. The van der Waals surface area contributed by atoms with Crippen LogP contribution in [-0.2, 0) is 11.3 Å². The van der Waals surface area contributed by atoms with Crippen LogP contribution in [0.1, 0.15) is 21.6 Å². The molecule has 0 unspecified atom stereocenters. The highest BCUT2D eigenvalue weighted by atomic mass is 32.2. The van der Waals surface area contributed by atoms with Crippen LogP contribution in [0.2, 0.25) is 0 Å². The van der Waals surface area contributed by atoms with Gasteiger partial charge >= 0.3 is 5.97 Å². The molecule has 2 heterocycles. The van der Waals surface area contributed by atoms with Gasteiger partial charge in [0.25, 0.3) is 5.91 Å². The lowest BCUT2D eigenvalue weighted by atomic mass is 10.1. The minimum atomic E-state index is -1.26. The zero-order chi connectivity index (χ0) is 23.7. The van der Waals surface area contributed by atoms with Crippen molar-refractivity contribution in [1.82, 2.24) is 9.88 Å². The van der Waals surface area contributed by atoms with Gasteiger partial charge in [-0.15, -0.1) is 0 Å². The minimum Gasteiger partial charge on any atom is -0.507 e. The van der Waals surface area contributed by atoms with E-state index in [9.17, 15) is 23.5 Å². The van der Waals surface area contributed by atoms with Crippen LogP contribution in [0.5, 0.6) is 5.75 Å². The molecule has 166 valence electrons. The van der Waals surface area contributed by atoms with E-state index in [1.807, 2.05) is 0 Å². The van der Waals surface area contributed by atoms with Crippen molar-refractivity contribution < 1.29 is 28.6 Å². The fourth-order valence-electron chi connectivity index (χ4n) is 3.16. The predicted molar refractivity (Wildman–Crippen MR) is 123 cm³/mol. The Balaban J connectivity index is 1.56. The van der Waals surface area contributed by atoms with Crippen molar-refractivity contribution in [3.63, 3.8) is 0 Å². The zero-order valence-electron chi connectivity index (χ0n) is 16.7. The molecular formula is C23H14F2N2O4S2. The van der Waals surface area contributed by atoms with E-state index in [2.05, 4.69) is 4.98 Å². The fourth-order valence-corrected chi connectivity index (χ4v) is 4.40. The smallest absolute Gasteiger partial charge is 0.339 e. The van der Waals surface area contributed by atoms with Crippen molar-refractivity contribution in [2.75, 3.05) is 0 Å². The summed E-state index contributed by atoms with van der Waals surface area (Å²) < 4.78 is 27.1. The standard InChI is InChI=1S/C23H14F2N2O4S2/c24-16-7-5-13(9-17(16)25)18-3-1-2-14(26-18)10-20-21(29)27(23(32)33-20)11-12-4-6-15(22(30)31)19(28)8-12/h1-10,28H,11H2,(H,30,31). The average Bonchev–Trinajstić information content (AvgIpc) is 3.03. The molecule has 1 aliphatic rings. The normalized spacial score (nSPS) is 14.8. The molecule has 6 nitrogen and oxygen atoms in total. The molecule has 0 aliphatic carbocycles. The number of thiocarbonyl (C=S) groups is 1. The topological polar surface area (TPSA) is 90.7 Å². The van der Waals surface area contributed by atoms with Gasteiger partial charge in [-0.3, -0.25) is 9.69 Å². The minimum absolute atomic E-state index is 0.0534. The Hall–Kier alpha value is -3.63. The molecule has 2 aromatic carbocycles. The van der Waals surface area contributed by atoms with Crippen molar-refractivity contribution >= 4 is 46.3 Å². The first-order chi connectivity index (χ1) is 15.7. The highest BCUT2D eigenvalue weighted by Gasteiger charge is 2.32. The Morgan fingerprint density at radius 1 is 1.12 bits per heavy atom. The van der Waals surface area contributed by atoms with Gasteiger partial charge in [0.1, 0.15) is 15.6 Å². The van der Waals surface area contributed by atoms with Gasteiger partial charge in [-0.1, -0.05) is 36.1 Å². The second-order valence-electron chi connectivity index (χ2n) is 7.00. The van der Waals surface area contributed by atoms with Crippen molar-refractivity contribution in [2.45, 2.75) is 6.54 Å². The Morgan fingerprint density at radius 3 is 2.61 bits per heavy atom. The number of halogens is 2. The molecule has 4 rings (SSSR count). The molecule has 0 bridgehead atoms. The summed E-state index contributed by atoms with van der Waals surface area (Å²) in [5.41, 5.74) is 1.50. The molecule has 3 aromatic rings. The van der Waals surface area contributed by atoms with Gasteiger partial charge < -0.3 is 10.2 Å². The third-order valence-corrected chi connectivity index (χ3v) is 6.15. The summed E-state index contributed by atoms with van der Waals surface area (Å²) in [5, 5.41) is 18.9. The van der Waals surface area contributed by atoms with Crippen LogP contribution in [0.25, 0.3) is 17.3 Å². The number of thioether (sulfide) groups is 1. The number of aromatic carboxylic acids is 1. The van der Waals surface area contributed by atoms with Crippen molar-refractivity contribution in [3.05, 3.63) is 88.0 Å². The monoisotopic (exact) mass is 484 g/mol. The quantitative estimate of drug-likeness (QED) is 0.396. The van der Waals surface area contributed by atoms with E-state index < -0.39 is 23.4 Å². The van der Waals surface area contributed by atoms with Gasteiger partial charge in [-0.2, -0.15) is 0 Å². The Morgan fingerprint density at radius 2 is 1.91 bits per heavy atom. The maximum Gasteiger partial charge on any atom is 0.339 e. The molecule has 0 saturated carbocycles. The predicted octanol–water partition coefficient (Wildman–Crippen LogP) is 4.83. The summed E-state index contributed by atoms with van der Waals surface area (Å²) in [4.78, 5) is 30.0. The Bertz CT molecular complexity index is 1340. The van der Waals surface area contributed by atoms with E-state index in [0.717, 1.165) is 23.9 Å². The van der Waals surface area contributed by atoms with Gasteiger partial charge in [-0.25, -0.2) is 18.6 Å². The molecule has 2 N–H and O–H groups in total. The van der Waals surface area contributed by atoms with E-state index in [-0.39, 0.29) is 18.0 Å². The Labute approximate surface area is 196 Å². The summed E-state index contributed by atoms with van der Waals surface area (Å²) in [6.45, 7) is 0.0534. The number of aromatic nitrogens is 1. The number of pyridine rings is 1. The number of phenols is 1. The van der Waals surface area contributed by atoms with E-state index in [1.54, 1.807) is 24.3 Å². The number of carboxylic acid groups (broad SMARTS) is 1. The first-order valence-corrected chi connectivity index (χ1v) is 10.7. The third-order valence-electron chi connectivity index (χ3n) is 4.77. The first kappa shape index (κ1) is 22.6. The van der Waals surface area contributed by atoms with Gasteiger partial charge in [0.05, 0.1) is 22.8 Å². The van der Waals surface area contributed by atoms with E-state index in [4.69, 9.17) is 17.3 Å². The van der Waals surface area contributed by atoms with Crippen LogP contribution in [0.4, 0.5) is 8.78 Å². The molecule has 10 heteroatoms. The molecule has 1 aromatic heterocycles. The second-order valence-corrected chi connectivity index (χ2v) is 8.68. The zero-order valence-corrected chi connectivity index (χ0v) is 18.3. The van der Waals surface area contributed by atoms with Crippen LogP contribution in [0.15, 0.2) is 59.5 Å². The van der Waals surface area contributed by atoms with Gasteiger partial charge in [-0.05, 0) is 54.1 Å². The van der Waals surface area contributed by atoms with E-state index in [1.165, 1.54) is 29.2 Å². The van der Waals surface area contributed by atoms with Gasteiger partial charge in [0, 0.05) is 5.56 Å². The fraction of sp³-hybridized carbons (Fsp3) is 0.0435.